The highest BCUT2D eigenvalue weighted by molar-refractivity contribution is 6.06. The van der Waals surface area contributed by atoms with Crippen LogP contribution in [0, 0.1) is 11.6 Å². The van der Waals surface area contributed by atoms with Crippen LogP contribution in [-0.4, -0.2) is 40.3 Å². The molecule has 0 aliphatic carbocycles. The van der Waals surface area contributed by atoms with Gasteiger partial charge in [-0.2, -0.15) is 0 Å². The molecule has 0 aliphatic heterocycles. The Morgan fingerprint density at radius 3 is 2.47 bits per heavy atom. The van der Waals surface area contributed by atoms with Gasteiger partial charge in [0, 0.05) is 47.9 Å². The average molecular weight is 495 g/mol. The molecule has 0 spiro atoms. The first kappa shape index (κ1) is 24.8. The number of nitrogens with zero attached hydrogens (tertiary/aromatic N) is 2. The minimum Gasteiger partial charge on any atom is -0.496 e. The molecule has 2 aromatic heterocycles. The van der Waals surface area contributed by atoms with Gasteiger partial charge in [0.05, 0.1) is 23.8 Å². The fourth-order valence-electron chi connectivity index (χ4n) is 3.31. The van der Waals surface area contributed by atoms with Gasteiger partial charge in [0.2, 0.25) is 0 Å². The number of amides is 1. The van der Waals surface area contributed by atoms with Gasteiger partial charge >= 0.3 is 0 Å². The number of hydrogen-bond donors (Lipinski definition) is 2. The summed E-state index contributed by atoms with van der Waals surface area (Å²) in [5, 5.41) is 12.8. The standard InChI is InChI=1S/C26H23F2N3O5/c1-26(2,33)14-35-16-4-5-17-21(12-16)30-9-7-23(17)36-24-19(27)10-15(11-20(24)28)31-25(32)18-13-29-8-6-22(18)34-3/h4-13,33H,14H2,1-3H3,(H,31,32). The molecular weight excluding hydrogens is 472 g/mol. The molecule has 0 unspecified atom stereocenters. The van der Waals surface area contributed by atoms with E-state index in [1.807, 2.05) is 0 Å². The maximum absolute atomic E-state index is 14.9. The fraction of sp³-hybridized carbons (Fsp3) is 0.192. The second-order valence-corrected chi connectivity index (χ2v) is 8.49. The van der Waals surface area contributed by atoms with E-state index in [0.29, 0.717) is 16.7 Å². The number of methoxy groups -OCH3 is 1. The topological polar surface area (TPSA) is 103 Å². The fourth-order valence-corrected chi connectivity index (χ4v) is 3.31. The summed E-state index contributed by atoms with van der Waals surface area (Å²) < 4.78 is 46.0. The van der Waals surface area contributed by atoms with Gasteiger partial charge in [-0.05, 0) is 38.1 Å². The van der Waals surface area contributed by atoms with Gasteiger partial charge in [-0.15, -0.1) is 0 Å². The molecule has 36 heavy (non-hydrogen) atoms. The zero-order valence-electron chi connectivity index (χ0n) is 19.7. The van der Waals surface area contributed by atoms with E-state index in [9.17, 15) is 18.7 Å². The van der Waals surface area contributed by atoms with Crippen molar-refractivity contribution >= 4 is 22.5 Å². The number of aliphatic hydroxyl groups is 1. The molecule has 2 heterocycles. The second-order valence-electron chi connectivity index (χ2n) is 8.49. The van der Waals surface area contributed by atoms with Crippen molar-refractivity contribution in [2.45, 2.75) is 19.4 Å². The first-order valence-electron chi connectivity index (χ1n) is 10.8. The normalized spacial score (nSPS) is 11.3. The van der Waals surface area contributed by atoms with E-state index in [4.69, 9.17) is 14.2 Å². The van der Waals surface area contributed by atoms with Gasteiger partial charge in [-0.3, -0.25) is 14.8 Å². The highest BCUT2D eigenvalue weighted by atomic mass is 19.1. The lowest BCUT2D eigenvalue weighted by molar-refractivity contribution is 0.0285. The number of benzene rings is 2. The Morgan fingerprint density at radius 1 is 1.06 bits per heavy atom. The highest BCUT2D eigenvalue weighted by Gasteiger charge is 2.19. The first-order chi connectivity index (χ1) is 17.1. The van der Waals surface area contributed by atoms with Crippen molar-refractivity contribution in [1.82, 2.24) is 9.97 Å². The van der Waals surface area contributed by atoms with Crippen LogP contribution >= 0.6 is 0 Å². The van der Waals surface area contributed by atoms with Crippen molar-refractivity contribution in [2.75, 3.05) is 19.0 Å². The predicted octanol–water partition coefficient (Wildman–Crippen LogP) is 5.11. The lowest BCUT2D eigenvalue weighted by Crippen LogP contribution is -2.27. The van der Waals surface area contributed by atoms with Crippen LogP contribution in [-0.2, 0) is 0 Å². The third-order valence-electron chi connectivity index (χ3n) is 4.98. The van der Waals surface area contributed by atoms with Crippen molar-refractivity contribution in [3.63, 3.8) is 0 Å². The van der Waals surface area contributed by atoms with Gasteiger partial charge in [-0.25, -0.2) is 8.78 Å². The second kappa shape index (κ2) is 10.1. The Morgan fingerprint density at radius 2 is 1.78 bits per heavy atom. The third-order valence-corrected chi connectivity index (χ3v) is 4.98. The van der Waals surface area contributed by atoms with Gasteiger partial charge < -0.3 is 24.6 Å². The Kier molecular flexibility index (Phi) is 6.98. The molecule has 0 radical (unpaired) electrons. The summed E-state index contributed by atoms with van der Waals surface area (Å²) in [5.74, 6) is -2.41. The summed E-state index contributed by atoms with van der Waals surface area (Å²) in [5.41, 5.74) is -0.550. The summed E-state index contributed by atoms with van der Waals surface area (Å²) in [7, 11) is 1.39. The molecule has 1 amide bonds. The minimum absolute atomic E-state index is 0.0710. The molecule has 0 fully saturated rings. The first-order valence-corrected chi connectivity index (χ1v) is 10.8. The Labute approximate surface area is 205 Å². The summed E-state index contributed by atoms with van der Waals surface area (Å²) in [4.78, 5) is 20.6. The third kappa shape index (κ3) is 5.66. The van der Waals surface area contributed by atoms with Gasteiger partial charge in [-0.1, -0.05) is 0 Å². The molecule has 0 bridgehead atoms. The summed E-state index contributed by atoms with van der Waals surface area (Å²) in [6.07, 6.45) is 4.17. The van der Waals surface area contributed by atoms with E-state index in [2.05, 4.69) is 15.3 Å². The number of halogens is 2. The van der Waals surface area contributed by atoms with Crippen molar-refractivity contribution < 1.29 is 32.9 Å². The molecule has 8 nitrogen and oxygen atoms in total. The maximum Gasteiger partial charge on any atom is 0.261 e. The molecule has 186 valence electrons. The Hall–Kier alpha value is -4.31. The van der Waals surface area contributed by atoms with Crippen LogP contribution in [0.2, 0.25) is 0 Å². The lowest BCUT2D eigenvalue weighted by atomic mass is 10.1. The smallest absolute Gasteiger partial charge is 0.261 e. The SMILES string of the molecule is COc1ccncc1C(=O)Nc1cc(F)c(Oc2ccnc3cc(OCC(C)(C)O)ccc23)c(F)c1. The van der Waals surface area contributed by atoms with Crippen LogP contribution < -0.4 is 19.5 Å². The van der Waals surface area contributed by atoms with Crippen molar-refractivity contribution in [3.05, 3.63) is 78.3 Å². The van der Waals surface area contributed by atoms with E-state index in [-0.39, 0.29) is 29.4 Å². The number of rotatable bonds is 8. The van der Waals surface area contributed by atoms with E-state index >= 15 is 0 Å². The molecular formula is C26H23F2N3O5. The van der Waals surface area contributed by atoms with Crippen molar-refractivity contribution in [3.8, 4) is 23.0 Å². The zero-order chi connectivity index (χ0) is 25.9. The number of ether oxygens (including phenoxy) is 3. The number of anilines is 1. The molecule has 0 saturated carbocycles. The minimum atomic E-state index is -1.02. The molecule has 0 atom stereocenters. The molecule has 0 saturated heterocycles. The zero-order valence-corrected chi connectivity index (χ0v) is 19.7. The number of fused-ring (bicyclic) bond motifs is 1. The quantitative estimate of drug-likeness (QED) is 0.350. The van der Waals surface area contributed by atoms with Crippen molar-refractivity contribution in [1.29, 1.82) is 0 Å². The lowest BCUT2D eigenvalue weighted by Gasteiger charge is -2.18. The van der Waals surface area contributed by atoms with Crippen LogP contribution in [0.3, 0.4) is 0 Å². The van der Waals surface area contributed by atoms with Crippen LogP contribution in [0.4, 0.5) is 14.5 Å². The number of carbonyl (C=O) groups is 1. The number of aromatic nitrogens is 2. The number of carbonyl (C=O) groups excluding carboxylic acids is 1. The summed E-state index contributed by atoms with van der Waals surface area (Å²) >= 11 is 0. The van der Waals surface area contributed by atoms with Crippen LogP contribution in [0.15, 0.2) is 61.1 Å². The Bertz CT molecular complexity index is 1400. The number of pyridine rings is 2. The number of nitrogens with one attached hydrogen (secondary N) is 1. The monoisotopic (exact) mass is 495 g/mol. The van der Waals surface area contributed by atoms with Gasteiger partial charge in [0.15, 0.2) is 17.4 Å². The molecule has 4 rings (SSSR count). The molecule has 2 N–H and O–H groups in total. The van der Waals surface area contributed by atoms with E-state index in [0.717, 1.165) is 12.1 Å². The largest absolute Gasteiger partial charge is 0.496 e. The average Bonchev–Trinajstić information content (AvgIpc) is 2.84. The predicted molar refractivity (Wildman–Crippen MR) is 129 cm³/mol. The molecule has 0 aliphatic rings. The van der Waals surface area contributed by atoms with Gasteiger partial charge in [0.1, 0.15) is 23.9 Å². The Balaban J connectivity index is 1.56. The van der Waals surface area contributed by atoms with Crippen LogP contribution in [0.25, 0.3) is 10.9 Å². The summed E-state index contributed by atoms with van der Waals surface area (Å²) in [6, 6.07) is 9.78. The molecule has 4 aromatic rings. The van der Waals surface area contributed by atoms with Crippen LogP contribution in [0.1, 0.15) is 24.2 Å². The maximum atomic E-state index is 14.9. The summed E-state index contributed by atoms with van der Waals surface area (Å²) in [6.45, 7) is 3.31. The molecule has 2 aromatic carbocycles. The van der Waals surface area contributed by atoms with Crippen molar-refractivity contribution in [2.24, 2.45) is 0 Å². The number of hydrogen-bond acceptors (Lipinski definition) is 7. The highest BCUT2D eigenvalue weighted by Crippen LogP contribution is 2.35. The van der Waals surface area contributed by atoms with E-state index in [1.165, 1.54) is 37.8 Å². The van der Waals surface area contributed by atoms with Crippen LogP contribution in [0.5, 0.6) is 23.0 Å². The van der Waals surface area contributed by atoms with E-state index in [1.54, 1.807) is 32.0 Å². The molecule has 10 heteroatoms. The van der Waals surface area contributed by atoms with E-state index < -0.39 is 28.9 Å². The van der Waals surface area contributed by atoms with Gasteiger partial charge in [0.25, 0.3) is 5.91 Å².